The zero-order chi connectivity index (χ0) is 17.6. The molecule has 2 rings (SSSR count). The standard InChI is InChI=1S/C17H26O6S/c1-3-5-6-7-8-9-10-11-13-14(18)12-15(21-4-2)17-16(13)22-24(19,20)23-17/h12,18H,3-11H2,1-2H3. The number of aromatic hydroxyl groups is 1. The summed E-state index contributed by atoms with van der Waals surface area (Å²) in [6.07, 6.45) is 8.48. The van der Waals surface area contributed by atoms with Crippen LogP contribution in [0, 0.1) is 0 Å². The molecule has 1 aromatic rings. The minimum Gasteiger partial charge on any atom is -0.507 e. The van der Waals surface area contributed by atoms with E-state index in [1.54, 1.807) is 6.92 Å². The maximum Gasteiger partial charge on any atom is 0.501 e. The van der Waals surface area contributed by atoms with E-state index in [0.717, 1.165) is 19.3 Å². The van der Waals surface area contributed by atoms with Crippen molar-refractivity contribution in [2.75, 3.05) is 6.61 Å². The second-order valence-corrected chi connectivity index (χ2v) is 7.06. The molecule has 0 spiro atoms. The van der Waals surface area contributed by atoms with Crippen molar-refractivity contribution in [3.63, 3.8) is 0 Å². The quantitative estimate of drug-likeness (QED) is 0.634. The first-order valence-corrected chi connectivity index (χ1v) is 9.97. The highest BCUT2D eigenvalue weighted by Crippen LogP contribution is 2.50. The Balaban J connectivity index is 2.04. The van der Waals surface area contributed by atoms with E-state index in [1.165, 1.54) is 31.7 Å². The molecule has 1 N–H and O–H groups in total. The lowest BCUT2D eigenvalue weighted by atomic mass is 10.0. The van der Waals surface area contributed by atoms with Gasteiger partial charge in [-0.3, -0.25) is 0 Å². The van der Waals surface area contributed by atoms with Crippen molar-refractivity contribution < 1.29 is 26.6 Å². The third-order valence-electron chi connectivity index (χ3n) is 3.98. The molecule has 7 heteroatoms. The van der Waals surface area contributed by atoms with Gasteiger partial charge < -0.3 is 18.2 Å². The molecule has 1 aliphatic heterocycles. The highest BCUT2D eigenvalue weighted by atomic mass is 32.3. The monoisotopic (exact) mass is 358 g/mol. The van der Waals surface area contributed by atoms with Gasteiger partial charge in [-0.2, -0.15) is 0 Å². The smallest absolute Gasteiger partial charge is 0.501 e. The molecule has 1 heterocycles. The lowest BCUT2D eigenvalue weighted by Gasteiger charge is -2.11. The second-order valence-electron chi connectivity index (χ2n) is 5.91. The van der Waals surface area contributed by atoms with Gasteiger partial charge in [0, 0.05) is 11.6 Å². The Morgan fingerprint density at radius 3 is 2.29 bits per heavy atom. The maximum atomic E-state index is 11.6. The zero-order valence-electron chi connectivity index (χ0n) is 14.3. The van der Waals surface area contributed by atoms with Crippen molar-refractivity contribution in [3.8, 4) is 23.0 Å². The highest BCUT2D eigenvalue weighted by molar-refractivity contribution is 7.82. The lowest BCUT2D eigenvalue weighted by molar-refractivity contribution is 0.326. The van der Waals surface area contributed by atoms with Crippen molar-refractivity contribution in [1.82, 2.24) is 0 Å². The van der Waals surface area contributed by atoms with Gasteiger partial charge in [-0.25, -0.2) is 0 Å². The number of phenols is 1. The molecule has 0 atom stereocenters. The molecule has 0 fully saturated rings. The van der Waals surface area contributed by atoms with E-state index < -0.39 is 10.4 Å². The summed E-state index contributed by atoms with van der Waals surface area (Å²) in [6, 6.07) is 1.39. The molecule has 0 aliphatic carbocycles. The van der Waals surface area contributed by atoms with Gasteiger partial charge in [0.2, 0.25) is 11.5 Å². The van der Waals surface area contributed by atoms with Gasteiger partial charge >= 0.3 is 10.4 Å². The number of hydrogen-bond donors (Lipinski definition) is 1. The molecule has 0 aromatic heterocycles. The van der Waals surface area contributed by atoms with Crippen LogP contribution >= 0.6 is 0 Å². The van der Waals surface area contributed by atoms with E-state index in [-0.39, 0.29) is 23.0 Å². The van der Waals surface area contributed by atoms with Gasteiger partial charge in [0.1, 0.15) is 5.75 Å². The minimum absolute atomic E-state index is 0.0242. The van der Waals surface area contributed by atoms with E-state index in [2.05, 4.69) is 6.92 Å². The van der Waals surface area contributed by atoms with Crippen molar-refractivity contribution in [2.24, 2.45) is 0 Å². The molecule has 0 amide bonds. The van der Waals surface area contributed by atoms with Crippen molar-refractivity contribution >= 4 is 10.4 Å². The average molecular weight is 358 g/mol. The molecule has 1 aromatic carbocycles. The molecular formula is C17H26O6S. The summed E-state index contributed by atoms with van der Waals surface area (Å²) in [5.74, 6) is 0.246. The highest BCUT2D eigenvalue weighted by Gasteiger charge is 2.36. The summed E-state index contributed by atoms with van der Waals surface area (Å²) in [4.78, 5) is 0. The fourth-order valence-corrected chi connectivity index (χ4v) is 3.57. The Hall–Kier alpha value is -1.63. The average Bonchev–Trinajstić information content (AvgIpc) is 2.85. The lowest BCUT2D eigenvalue weighted by Crippen LogP contribution is -2.08. The molecule has 0 saturated carbocycles. The van der Waals surface area contributed by atoms with E-state index in [1.807, 2.05) is 0 Å². The van der Waals surface area contributed by atoms with Crippen molar-refractivity contribution in [2.45, 2.75) is 65.2 Å². The minimum atomic E-state index is -4.12. The third kappa shape index (κ3) is 4.69. The summed E-state index contributed by atoms with van der Waals surface area (Å²) >= 11 is 0. The van der Waals surface area contributed by atoms with Gasteiger partial charge in [0.25, 0.3) is 0 Å². The van der Waals surface area contributed by atoms with Crippen LogP contribution in [0.5, 0.6) is 23.0 Å². The molecule has 136 valence electrons. The predicted octanol–water partition coefficient (Wildman–Crippen LogP) is 4.10. The Labute approximate surface area is 144 Å². The first-order valence-electron chi connectivity index (χ1n) is 8.64. The Kier molecular flexibility index (Phi) is 6.60. The normalized spacial score (nSPS) is 14.8. The van der Waals surface area contributed by atoms with E-state index in [0.29, 0.717) is 18.6 Å². The third-order valence-corrected chi connectivity index (χ3v) is 4.72. The van der Waals surface area contributed by atoms with Crippen LogP contribution < -0.4 is 13.1 Å². The van der Waals surface area contributed by atoms with Gasteiger partial charge in [-0.15, -0.1) is 8.42 Å². The molecule has 0 unspecified atom stereocenters. The van der Waals surface area contributed by atoms with E-state index in [9.17, 15) is 13.5 Å². The molecule has 6 nitrogen and oxygen atoms in total. The fraction of sp³-hybridized carbons (Fsp3) is 0.647. The van der Waals surface area contributed by atoms with Crippen molar-refractivity contribution in [1.29, 1.82) is 0 Å². The molecule has 0 bridgehead atoms. The number of unbranched alkanes of at least 4 members (excludes halogenated alkanes) is 6. The topological polar surface area (TPSA) is 82.1 Å². The van der Waals surface area contributed by atoms with E-state index >= 15 is 0 Å². The van der Waals surface area contributed by atoms with Crippen molar-refractivity contribution in [3.05, 3.63) is 11.6 Å². The molecule has 24 heavy (non-hydrogen) atoms. The van der Waals surface area contributed by atoms with Crippen LogP contribution in [0.1, 0.15) is 64.4 Å². The number of ether oxygens (including phenoxy) is 1. The van der Waals surface area contributed by atoms with Gasteiger partial charge in [-0.1, -0.05) is 45.4 Å². The summed E-state index contributed by atoms with van der Waals surface area (Å²) in [6.45, 7) is 4.28. The predicted molar refractivity (Wildman–Crippen MR) is 91.1 cm³/mol. The van der Waals surface area contributed by atoms with Gasteiger partial charge in [0.15, 0.2) is 5.75 Å². The molecular weight excluding hydrogens is 332 g/mol. The number of rotatable bonds is 10. The molecule has 1 aliphatic rings. The number of benzene rings is 1. The van der Waals surface area contributed by atoms with Gasteiger partial charge in [0.05, 0.1) is 6.61 Å². The van der Waals surface area contributed by atoms with Crippen LogP contribution in [-0.2, 0) is 16.8 Å². The maximum absolute atomic E-state index is 11.6. The summed E-state index contributed by atoms with van der Waals surface area (Å²) in [5, 5.41) is 10.2. The SMILES string of the molecule is CCCCCCCCCc1c(O)cc(OCC)c2c1OS(=O)(=O)O2. The molecule has 0 saturated heterocycles. The van der Waals surface area contributed by atoms with Crippen LogP contribution in [0.3, 0.4) is 0 Å². The van der Waals surface area contributed by atoms with Crippen LogP contribution in [0.2, 0.25) is 0 Å². The first-order chi connectivity index (χ1) is 11.5. The van der Waals surface area contributed by atoms with Gasteiger partial charge in [-0.05, 0) is 19.8 Å². The number of fused-ring (bicyclic) bond motifs is 1. The fourth-order valence-electron chi connectivity index (χ4n) is 2.79. The zero-order valence-corrected chi connectivity index (χ0v) is 15.2. The Morgan fingerprint density at radius 2 is 1.62 bits per heavy atom. The van der Waals surface area contributed by atoms with E-state index in [4.69, 9.17) is 13.1 Å². The Morgan fingerprint density at radius 1 is 1.00 bits per heavy atom. The summed E-state index contributed by atoms with van der Waals surface area (Å²) in [5.41, 5.74) is 0.461. The second kappa shape index (κ2) is 8.46. The first kappa shape index (κ1) is 18.7. The summed E-state index contributed by atoms with van der Waals surface area (Å²) in [7, 11) is -4.12. The summed E-state index contributed by atoms with van der Waals surface area (Å²) < 4.78 is 38.3. The van der Waals surface area contributed by atoms with Crippen LogP contribution in [0.15, 0.2) is 6.07 Å². The molecule has 0 radical (unpaired) electrons. The largest absolute Gasteiger partial charge is 0.507 e. The van der Waals surface area contributed by atoms with Crippen LogP contribution in [-0.4, -0.2) is 20.1 Å². The van der Waals surface area contributed by atoms with Crippen LogP contribution in [0.4, 0.5) is 0 Å². The Bertz CT molecular complexity index is 654. The number of hydrogen-bond acceptors (Lipinski definition) is 6. The van der Waals surface area contributed by atoms with Crippen LogP contribution in [0.25, 0.3) is 0 Å². The number of phenolic OH excluding ortho intramolecular Hbond substituents is 1.